The molecule has 1 atom stereocenters. The summed E-state index contributed by atoms with van der Waals surface area (Å²) in [5, 5.41) is 10.2. The van der Waals surface area contributed by atoms with E-state index in [0.29, 0.717) is 13.0 Å². The van der Waals surface area contributed by atoms with Gasteiger partial charge in [0.1, 0.15) is 0 Å². The Morgan fingerprint density at radius 1 is 0.885 bits per heavy atom. The summed E-state index contributed by atoms with van der Waals surface area (Å²) in [6, 6.07) is 0. The summed E-state index contributed by atoms with van der Waals surface area (Å²) in [5.74, 6) is -0.0491. The summed E-state index contributed by atoms with van der Waals surface area (Å²) in [5.41, 5.74) is -0.619. The van der Waals surface area contributed by atoms with Gasteiger partial charge < -0.3 is 9.84 Å². The molecule has 3 nitrogen and oxygen atoms in total. The molecular weight excluding hydrogens is 324 g/mol. The molecule has 154 valence electrons. The van der Waals surface area contributed by atoms with Gasteiger partial charge in [0.05, 0.1) is 12.2 Å². The quantitative estimate of drug-likeness (QED) is 0.166. The average molecular weight is 369 g/mol. The standard InChI is InChI=1S/C23H44O3/c1-4-6-20-23(3,25)21-18-16-14-12-10-8-7-9-11-13-15-17-19-22(24)26-5-2/h18,21,25H,4-17,19-20H2,1-3H3/b21-18-. The van der Waals surface area contributed by atoms with Crippen LogP contribution < -0.4 is 0 Å². The number of unbranched alkanes of at least 4 members (excludes halogenated alkanes) is 11. The second-order valence-corrected chi connectivity index (χ2v) is 7.74. The molecule has 0 saturated carbocycles. The number of aliphatic hydroxyl groups is 1. The van der Waals surface area contributed by atoms with E-state index < -0.39 is 5.60 Å². The van der Waals surface area contributed by atoms with Crippen LogP contribution in [-0.4, -0.2) is 23.3 Å². The second-order valence-electron chi connectivity index (χ2n) is 7.74. The van der Waals surface area contributed by atoms with Crippen molar-refractivity contribution in [3.8, 4) is 0 Å². The Bertz CT molecular complexity index is 347. The van der Waals surface area contributed by atoms with E-state index in [9.17, 15) is 9.90 Å². The maximum Gasteiger partial charge on any atom is 0.305 e. The Morgan fingerprint density at radius 3 is 1.96 bits per heavy atom. The van der Waals surface area contributed by atoms with E-state index in [0.717, 1.165) is 38.5 Å². The van der Waals surface area contributed by atoms with Gasteiger partial charge in [0.15, 0.2) is 0 Å². The van der Waals surface area contributed by atoms with Crippen LogP contribution in [0, 0.1) is 0 Å². The van der Waals surface area contributed by atoms with Gasteiger partial charge in [-0.15, -0.1) is 0 Å². The number of carbonyl (C=O) groups is 1. The predicted molar refractivity (Wildman–Crippen MR) is 111 cm³/mol. The molecular formula is C23H44O3. The lowest BCUT2D eigenvalue weighted by Gasteiger charge is -2.18. The van der Waals surface area contributed by atoms with Crippen molar-refractivity contribution >= 4 is 5.97 Å². The van der Waals surface area contributed by atoms with Crippen molar-refractivity contribution in [2.45, 2.75) is 123 Å². The minimum absolute atomic E-state index is 0.0491. The first-order chi connectivity index (χ1) is 12.5. The number of rotatable bonds is 18. The van der Waals surface area contributed by atoms with Gasteiger partial charge in [-0.2, -0.15) is 0 Å². The van der Waals surface area contributed by atoms with E-state index in [1.54, 1.807) is 0 Å². The van der Waals surface area contributed by atoms with Crippen LogP contribution >= 0.6 is 0 Å². The molecule has 0 saturated heterocycles. The normalized spacial score (nSPS) is 13.8. The molecule has 3 heteroatoms. The highest BCUT2D eigenvalue weighted by Gasteiger charge is 2.14. The van der Waals surface area contributed by atoms with Crippen LogP contribution in [0.25, 0.3) is 0 Å². The summed E-state index contributed by atoms with van der Waals surface area (Å²) in [6.07, 6.45) is 21.4. The fraction of sp³-hybridized carbons (Fsp3) is 0.870. The van der Waals surface area contributed by atoms with Gasteiger partial charge in [0.2, 0.25) is 0 Å². The SMILES string of the molecule is CCCCC(C)(O)/C=C\CCCCCCCCCCCCC(=O)OCC. The van der Waals surface area contributed by atoms with Crippen molar-refractivity contribution in [3.05, 3.63) is 12.2 Å². The monoisotopic (exact) mass is 368 g/mol. The smallest absolute Gasteiger partial charge is 0.305 e. The molecule has 0 amide bonds. The maximum absolute atomic E-state index is 11.2. The van der Waals surface area contributed by atoms with Crippen LogP contribution in [0.1, 0.15) is 117 Å². The summed E-state index contributed by atoms with van der Waals surface area (Å²) in [6.45, 7) is 6.42. The highest BCUT2D eigenvalue weighted by Crippen LogP contribution is 2.16. The molecule has 0 fully saturated rings. The van der Waals surface area contributed by atoms with E-state index in [4.69, 9.17) is 4.74 Å². The lowest BCUT2D eigenvalue weighted by molar-refractivity contribution is -0.143. The molecule has 0 heterocycles. The third-order valence-electron chi connectivity index (χ3n) is 4.82. The highest BCUT2D eigenvalue weighted by atomic mass is 16.5. The third-order valence-corrected chi connectivity index (χ3v) is 4.82. The Balaban J connectivity index is 3.30. The summed E-state index contributed by atoms with van der Waals surface area (Å²) >= 11 is 0. The lowest BCUT2D eigenvalue weighted by atomic mass is 9.98. The predicted octanol–water partition coefficient (Wildman–Crippen LogP) is 6.73. The van der Waals surface area contributed by atoms with Gasteiger partial charge in [-0.05, 0) is 39.5 Å². The van der Waals surface area contributed by atoms with Crippen LogP contribution in [0.15, 0.2) is 12.2 Å². The zero-order valence-corrected chi connectivity index (χ0v) is 17.7. The Morgan fingerprint density at radius 2 is 1.42 bits per heavy atom. The molecule has 0 spiro atoms. The Labute approximate surface area is 162 Å². The molecule has 0 aliphatic carbocycles. The number of hydrogen-bond acceptors (Lipinski definition) is 3. The van der Waals surface area contributed by atoms with E-state index in [-0.39, 0.29) is 5.97 Å². The molecule has 0 rings (SSSR count). The third kappa shape index (κ3) is 18.0. The van der Waals surface area contributed by atoms with E-state index in [1.807, 2.05) is 19.9 Å². The first-order valence-electron chi connectivity index (χ1n) is 11.1. The minimum Gasteiger partial charge on any atom is -0.466 e. The van der Waals surface area contributed by atoms with Gasteiger partial charge in [-0.3, -0.25) is 4.79 Å². The van der Waals surface area contributed by atoms with Crippen molar-refractivity contribution < 1.29 is 14.6 Å². The van der Waals surface area contributed by atoms with Crippen molar-refractivity contribution in [1.82, 2.24) is 0 Å². The van der Waals surface area contributed by atoms with Gasteiger partial charge in [-0.25, -0.2) is 0 Å². The van der Waals surface area contributed by atoms with Crippen LogP contribution in [-0.2, 0) is 9.53 Å². The van der Waals surface area contributed by atoms with Crippen LogP contribution in [0.4, 0.5) is 0 Å². The Hall–Kier alpha value is -0.830. The van der Waals surface area contributed by atoms with Crippen LogP contribution in [0.2, 0.25) is 0 Å². The van der Waals surface area contributed by atoms with Crippen LogP contribution in [0.3, 0.4) is 0 Å². The first kappa shape index (κ1) is 25.2. The maximum atomic E-state index is 11.2. The topological polar surface area (TPSA) is 46.5 Å². The molecule has 1 N–H and O–H groups in total. The average Bonchev–Trinajstić information content (AvgIpc) is 2.60. The zero-order valence-electron chi connectivity index (χ0n) is 17.7. The molecule has 0 aromatic rings. The van der Waals surface area contributed by atoms with Crippen molar-refractivity contribution in [2.24, 2.45) is 0 Å². The molecule has 26 heavy (non-hydrogen) atoms. The summed E-state index contributed by atoms with van der Waals surface area (Å²) in [7, 11) is 0. The first-order valence-corrected chi connectivity index (χ1v) is 11.1. The van der Waals surface area contributed by atoms with Crippen molar-refractivity contribution in [1.29, 1.82) is 0 Å². The van der Waals surface area contributed by atoms with Gasteiger partial charge >= 0.3 is 5.97 Å². The number of allylic oxidation sites excluding steroid dienone is 1. The molecule has 0 aliphatic heterocycles. The van der Waals surface area contributed by atoms with E-state index in [1.165, 1.54) is 51.4 Å². The van der Waals surface area contributed by atoms with Gasteiger partial charge in [0.25, 0.3) is 0 Å². The number of hydrogen-bond donors (Lipinski definition) is 1. The fourth-order valence-corrected chi connectivity index (χ4v) is 3.13. The molecule has 0 bridgehead atoms. The van der Waals surface area contributed by atoms with Crippen molar-refractivity contribution in [3.63, 3.8) is 0 Å². The van der Waals surface area contributed by atoms with Gasteiger partial charge in [-0.1, -0.05) is 83.3 Å². The number of carbonyl (C=O) groups excluding carboxylic acids is 1. The van der Waals surface area contributed by atoms with E-state index >= 15 is 0 Å². The van der Waals surface area contributed by atoms with E-state index in [2.05, 4.69) is 13.0 Å². The molecule has 0 radical (unpaired) electrons. The van der Waals surface area contributed by atoms with Gasteiger partial charge in [0, 0.05) is 6.42 Å². The highest BCUT2D eigenvalue weighted by molar-refractivity contribution is 5.69. The molecule has 0 aromatic carbocycles. The second kappa shape index (κ2) is 17.6. The molecule has 0 aromatic heterocycles. The lowest BCUT2D eigenvalue weighted by Crippen LogP contribution is -2.20. The fourth-order valence-electron chi connectivity index (χ4n) is 3.13. The summed E-state index contributed by atoms with van der Waals surface area (Å²) in [4.78, 5) is 11.2. The summed E-state index contributed by atoms with van der Waals surface area (Å²) < 4.78 is 4.93. The Kier molecular flexibility index (Phi) is 17.0. The zero-order chi connectivity index (χ0) is 19.5. The largest absolute Gasteiger partial charge is 0.466 e. The van der Waals surface area contributed by atoms with Crippen molar-refractivity contribution in [2.75, 3.05) is 6.61 Å². The number of esters is 1. The van der Waals surface area contributed by atoms with Crippen LogP contribution in [0.5, 0.6) is 0 Å². The molecule has 0 aliphatic rings. The minimum atomic E-state index is -0.619. The molecule has 1 unspecified atom stereocenters. The number of ether oxygens (including phenoxy) is 1.